The van der Waals surface area contributed by atoms with Gasteiger partial charge in [0.2, 0.25) is 0 Å². The zero-order chi connectivity index (χ0) is 54.3. The number of hydrogen-bond donors (Lipinski definition) is 0. The summed E-state index contributed by atoms with van der Waals surface area (Å²) in [6.07, 6.45) is 1.15. The molecule has 0 aromatic heterocycles. The van der Waals surface area contributed by atoms with Crippen LogP contribution in [0.1, 0.15) is 82.6 Å². The number of hydrogen-bond acceptors (Lipinski definition) is 22. The van der Waals surface area contributed by atoms with E-state index < -0.39 is 39.1 Å². The lowest BCUT2D eigenvalue weighted by atomic mass is 9.83. The summed E-state index contributed by atoms with van der Waals surface area (Å²) in [7, 11) is -18.3. The summed E-state index contributed by atoms with van der Waals surface area (Å²) in [4.78, 5) is 57.7. The molecule has 0 spiro atoms. The fourth-order valence-electron chi connectivity index (χ4n) is 7.72. The average Bonchev–Trinajstić information content (AvgIpc) is 3.22. The van der Waals surface area contributed by atoms with Crippen LogP contribution in [0.3, 0.4) is 0 Å². The predicted molar refractivity (Wildman–Crippen MR) is 251 cm³/mol. The smallest absolute Gasteiger partial charge is 0.272 e. The van der Waals surface area contributed by atoms with Gasteiger partial charge < -0.3 is 56.1 Å². The molecule has 0 N–H and O–H groups in total. The number of nitrogens with zero attached hydrogens (tertiary/aromatic N) is 6. The molecular weight excluding hydrogens is 1040 g/mol. The fraction of sp³-hybridized carbons (Fsp3) is 1.00. The van der Waals surface area contributed by atoms with Crippen molar-refractivity contribution in [2.75, 3.05) is 173 Å². The van der Waals surface area contributed by atoms with Gasteiger partial charge in [-0.2, -0.15) is 0 Å². The average molecular weight is 1130 g/mol. The van der Waals surface area contributed by atoms with Gasteiger partial charge in [0.1, 0.15) is 19.3 Å². The van der Waals surface area contributed by atoms with Crippen molar-refractivity contribution in [3.05, 3.63) is 0 Å². The molecule has 5 unspecified atom stereocenters. The van der Waals surface area contributed by atoms with Gasteiger partial charge in [-0.15, -0.1) is 0 Å². The maximum Gasteiger partial charge on any atom is 0.272 e. The Hall–Kier alpha value is 0.270. The standard InChI is InChI=1S/C9H22NO4P.C8H19N2O4P.C8H18NO4P.C7H16NO5P.C7H14NO4P/c1-5-10(6-2,7-3)9-14-15(11,12)13-8-4;1-4-10(6-9(3)7-10)8-14-15(11,12)13-5-2;1-3-9(6-5-7-9)8-13-14(10,11)12-4-2;1-3-8(5-11-6-8)7-13-14(9,10)12-4-2;1-2-11-13(9,10)12-6-8-3-7(4-8)5-8/h5-9H2,1-4H3;4-8H2,1-3H3;3-8H2,1-2H3;3-7H2,1-2H3;7H,2-6H2,1H3. The number of likely N-dealkylation sites (tertiary alicyclic amines) is 1. The molecule has 6 fully saturated rings. The van der Waals surface area contributed by atoms with E-state index in [-0.39, 0.29) is 66.7 Å². The highest BCUT2D eigenvalue weighted by molar-refractivity contribution is 7.46. The van der Waals surface area contributed by atoms with Gasteiger partial charge in [-0.25, -0.2) is 4.90 Å². The Kier molecular flexibility index (Phi) is 30.9. The van der Waals surface area contributed by atoms with Gasteiger partial charge in [0.05, 0.1) is 105 Å². The molecule has 6 rings (SSSR count). The molecular formula is C39H89N6O21P5. The molecule has 0 aliphatic carbocycles. The summed E-state index contributed by atoms with van der Waals surface area (Å²) < 4.78 is 110. The van der Waals surface area contributed by atoms with Crippen LogP contribution in [0.15, 0.2) is 0 Å². The van der Waals surface area contributed by atoms with E-state index in [1.807, 2.05) is 48.6 Å². The van der Waals surface area contributed by atoms with E-state index >= 15 is 0 Å². The summed E-state index contributed by atoms with van der Waals surface area (Å²) in [5.74, 6) is 0.821. The van der Waals surface area contributed by atoms with Crippen molar-refractivity contribution in [2.24, 2.45) is 5.92 Å². The minimum atomic E-state index is -4.10. The number of phosphoric acid groups is 5. The summed E-state index contributed by atoms with van der Waals surface area (Å²) in [5.41, 5.74) is 0. The fourth-order valence-corrected chi connectivity index (χ4v) is 11.6. The van der Waals surface area contributed by atoms with E-state index in [1.54, 1.807) is 34.6 Å². The predicted octanol–water partition coefficient (Wildman–Crippen LogP) is 2.38. The molecule has 27 nitrogen and oxygen atoms in total. The van der Waals surface area contributed by atoms with Gasteiger partial charge >= 0.3 is 0 Å². The third kappa shape index (κ3) is 25.1. The zero-order valence-corrected chi connectivity index (χ0v) is 48.9. The Bertz CT molecular complexity index is 1680. The van der Waals surface area contributed by atoms with E-state index in [9.17, 15) is 47.3 Å². The summed E-state index contributed by atoms with van der Waals surface area (Å²) in [5, 5.41) is 0. The van der Waals surface area contributed by atoms with Crippen LogP contribution < -0.4 is 24.5 Å². The van der Waals surface area contributed by atoms with Gasteiger partial charge in [0.15, 0.2) is 47.1 Å². The monoisotopic (exact) mass is 1130 g/mol. The van der Waals surface area contributed by atoms with Crippen molar-refractivity contribution >= 4 is 39.1 Å². The van der Waals surface area contributed by atoms with Crippen molar-refractivity contribution in [1.29, 1.82) is 0 Å². The van der Waals surface area contributed by atoms with Crippen molar-refractivity contribution in [1.82, 2.24) is 4.90 Å². The number of ether oxygens (including phenoxy) is 1. The first-order valence-electron chi connectivity index (χ1n) is 24.5. The molecule has 32 heteroatoms. The van der Waals surface area contributed by atoms with E-state index in [0.29, 0.717) is 26.9 Å². The first-order chi connectivity index (χ1) is 33.0. The molecule has 0 saturated carbocycles. The van der Waals surface area contributed by atoms with Gasteiger partial charge in [-0.3, -0.25) is 63.6 Å². The van der Waals surface area contributed by atoms with Crippen LogP contribution in [0.2, 0.25) is 0 Å². The summed E-state index contributed by atoms with van der Waals surface area (Å²) in [6, 6.07) is 0. The second-order valence-corrected chi connectivity index (χ2v) is 25.1. The Morgan fingerprint density at radius 2 is 0.803 bits per heavy atom. The lowest BCUT2D eigenvalue weighted by Gasteiger charge is -2.61. The molecule has 0 radical (unpaired) electrons. The third-order valence-corrected chi connectivity index (χ3v) is 18.0. The van der Waals surface area contributed by atoms with Crippen molar-refractivity contribution < 1.29 is 120 Å². The van der Waals surface area contributed by atoms with Crippen LogP contribution in [-0.4, -0.2) is 200 Å². The molecule has 0 amide bonds. The quantitative estimate of drug-likeness (QED) is 0.0547. The molecule has 426 valence electrons. The maximum atomic E-state index is 11.2. The molecule has 0 aromatic rings. The first kappa shape index (κ1) is 69.3. The molecule has 6 aliphatic rings. The van der Waals surface area contributed by atoms with Gasteiger partial charge in [-0.1, -0.05) is 0 Å². The Morgan fingerprint density at radius 3 is 1.04 bits per heavy atom. The largest absolute Gasteiger partial charge is 0.756 e. The maximum absolute atomic E-state index is 11.2. The Balaban J connectivity index is 0.000000444. The second kappa shape index (κ2) is 31.6. The lowest BCUT2D eigenvalue weighted by molar-refractivity contribution is -1.06. The number of phosphoric ester groups is 5. The number of rotatable bonds is 31. The normalized spacial score (nSPS) is 25.5. The molecule has 2 bridgehead atoms. The van der Waals surface area contributed by atoms with Crippen molar-refractivity contribution in [3.63, 3.8) is 0 Å². The van der Waals surface area contributed by atoms with Gasteiger partial charge in [0, 0.05) is 6.42 Å². The molecule has 0 aromatic carbocycles. The highest BCUT2D eigenvalue weighted by atomic mass is 31.2. The summed E-state index contributed by atoms with van der Waals surface area (Å²) in [6.45, 7) is 34.7. The zero-order valence-electron chi connectivity index (χ0n) is 44.5. The van der Waals surface area contributed by atoms with Crippen LogP contribution in [0.5, 0.6) is 0 Å². The number of quaternary nitrogens is 5. The molecule has 71 heavy (non-hydrogen) atoms. The summed E-state index contributed by atoms with van der Waals surface area (Å²) >= 11 is 0. The molecule has 6 heterocycles. The van der Waals surface area contributed by atoms with Crippen LogP contribution in [-0.2, 0) is 72.8 Å². The molecule has 6 aliphatic heterocycles. The van der Waals surface area contributed by atoms with Gasteiger partial charge in [-0.05, 0) is 83.2 Å². The van der Waals surface area contributed by atoms with E-state index in [1.165, 1.54) is 0 Å². The third-order valence-electron chi connectivity index (χ3n) is 12.9. The van der Waals surface area contributed by atoms with Crippen LogP contribution in [0.4, 0.5) is 0 Å². The van der Waals surface area contributed by atoms with E-state index in [0.717, 1.165) is 107 Å². The van der Waals surface area contributed by atoms with Crippen LogP contribution in [0.25, 0.3) is 0 Å². The van der Waals surface area contributed by atoms with Crippen molar-refractivity contribution in [2.45, 2.75) is 82.6 Å². The Morgan fingerprint density at radius 1 is 0.479 bits per heavy atom. The van der Waals surface area contributed by atoms with Crippen LogP contribution >= 0.6 is 39.1 Å². The minimum absolute atomic E-state index is 0.0945. The Labute approximate surface area is 423 Å². The molecule has 6 saturated heterocycles. The van der Waals surface area contributed by atoms with E-state index in [2.05, 4.69) is 27.5 Å². The highest BCUT2D eigenvalue weighted by Gasteiger charge is 2.58. The van der Waals surface area contributed by atoms with Gasteiger partial charge in [0.25, 0.3) is 39.1 Å². The second-order valence-electron chi connectivity index (χ2n) is 18.0. The first-order valence-corrected chi connectivity index (χ1v) is 31.8. The topological polar surface area (TPSA) is 305 Å². The SMILES string of the molecule is CCOP(=O)([O-])OC[N+](CC)(CC)CC.CCOP(=O)([O-])OC[N+]1(CC)CCC1.CCOP(=O)([O-])OC[N+]1(CC)CN(C)C1.CCOP(=O)([O-])OC[N+]1(CC)COC1.CCOP(=O)([O-])OC[N+]12CC(C1)C2. The van der Waals surface area contributed by atoms with Crippen LogP contribution in [0, 0.1) is 5.92 Å². The highest BCUT2D eigenvalue weighted by Crippen LogP contribution is 2.46. The molecule has 5 atom stereocenters. The minimum Gasteiger partial charge on any atom is -0.756 e. The van der Waals surface area contributed by atoms with E-state index in [4.69, 9.17) is 27.4 Å². The van der Waals surface area contributed by atoms with Crippen molar-refractivity contribution in [3.8, 4) is 0 Å². The lowest BCUT2D eigenvalue weighted by Crippen LogP contribution is -2.79.